The number of carbonyl (C=O) groups excluding carboxylic acids is 1. The number of nitrogens with zero attached hydrogens (tertiary/aromatic N) is 1. The number of likely N-dealkylation sites (tertiary alicyclic amines) is 1. The molecule has 0 spiro atoms. The maximum atomic E-state index is 12.1. The molecule has 5 heteroatoms. The summed E-state index contributed by atoms with van der Waals surface area (Å²) >= 11 is 0. The van der Waals surface area contributed by atoms with E-state index in [1.54, 1.807) is 0 Å². The zero-order chi connectivity index (χ0) is 13.1. The monoisotopic (exact) mass is 242 g/mol. The molecule has 2 N–H and O–H groups in total. The highest BCUT2D eigenvalue weighted by Crippen LogP contribution is 2.20. The summed E-state index contributed by atoms with van der Waals surface area (Å²) in [4.78, 5) is 24.9. The average molecular weight is 242 g/mol. The predicted molar refractivity (Wildman–Crippen MR) is 64.7 cm³/mol. The summed E-state index contributed by atoms with van der Waals surface area (Å²) < 4.78 is 0. The van der Waals surface area contributed by atoms with Gasteiger partial charge in [0.25, 0.3) is 0 Å². The number of nitrogens with one attached hydrogen (secondary N) is 1. The van der Waals surface area contributed by atoms with E-state index in [4.69, 9.17) is 5.11 Å². The topological polar surface area (TPSA) is 69.6 Å². The lowest BCUT2D eigenvalue weighted by Gasteiger charge is -2.39. The molecule has 0 aromatic heterocycles. The van der Waals surface area contributed by atoms with E-state index in [0.717, 1.165) is 25.9 Å². The average Bonchev–Trinajstić information content (AvgIpc) is 2.29. The van der Waals surface area contributed by atoms with Crippen LogP contribution >= 0.6 is 0 Å². The number of carboxylic acid groups (broad SMARTS) is 1. The standard InChI is InChI=1S/C12H22N2O3/c1-9(10(15)16)13-11(17)12(2,3)14-7-5-4-6-8-14/h9H,4-8H2,1-3H3,(H,13,17)(H,15,16). The zero-order valence-corrected chi connectivity index (χ0v) is 10.8. The van der Waals surface area contributed by atoms with E-state index in [9.17, 15) is 9.59 Å². The van der Waals surface area contributed by atoms with Gasteiger partial charge in [-0.2, -0.15) is 0 Å². The minimum Gasteiger partial charge on any atom is -0.480 e. The van der Waals surface area contributed by atoms with Gasteiger partial charge in [-0.25, -0.2) is 0 Å². The summed E-state index contributed by atoms with van der Waals surface area (Å²) in [7, 11) is 0. The molecule has 0 bridgehead atoms. The maximum Gasteiger partial charge on any atom is 0.325 e. The molecular formula is C12H22N2O3. The van der Waals surface area contributed by atoms with Gasteiger partial charge < -0.3 is 10.4 Å². The van der Waals surface area contributed by atoms with E-state index in [1.807, 2.05) is 13.8 Å². The van der Waals surface area contributed by atoms with Crippen LogP contribution in [0.5, 0.6) is 0 Å². The van der Waals surface area contributed by atoms with Crippen molar-refractivity contribution in [2.45, 2.75) is 51.6 Å². The third-order valence-corrected chi connectivity index (χ3v) is 3.42. The third kappa shape index (κ3) is 3.43. The summed E-state index contributed by atoms with van der Waals surface area (Å²) in [5.41, 5.74) is -0.635. The Morgan fingerprint density at radius 3 is 2.24 bits per heavy atom. The van der Waals surface area contributed by atoms with Crippen molar-refractivity contribution in [1.29, 1.82) is 0 Å². The molecule has 1 heterocycles. The first-order valence-corrected chi connectivity index (χ1v) is 6.14. The first-order chi connectivity index (χ1) is 7.85. The molecule has 1 amide bonds. The van der Waals surface area contributed by atoms with Gasteiger partial charge in [0.15, 0.2) is 0 Å². The molecule has 5 nitrogen and oxygen atoms in total. The number of piperidine rings is 1. The largest absolute Gasteiger partial charge is 0.480 e. The van der Waals surface area contributed by atoms with Crippen molar-refractivity contribution < 1.29 is 14.7 Å². The summed E-state index contributed by atoms with van der Waals surface area (Å²) in [5, 5.41) is 11.3. The van der Waals surface area contributed by atoms with Crippen LogP contribution < -0.4 is 5.32 Å². The van der Waals surface area contributed by atoms with Crippen LogP contribution in [0.3, 0.4) is 0 Å². The third-order valence-electron chi connectivity index (χ3n) is 3.42. The minimum atomic E-state index is -1.01. The Morgan fingerprint density at radius 1 is 1.24 bits per heavy atom. The van der Waals surface area contributed by atoms with Crippen LogP contribution in [0.2, 0.25) is 0 Å². The van der Waals surface area contributed by atoms with Crippen LogP contribution in [0, 0.1) is 0 Å². The van der Waals surface area contributed by atoms with E-state index in [2.05, 4.69) is 10.2 Å². The molecule has 1 saturated heterocycles. The number of aliphatic carboxylic acids is 1. The first kappa shape index (κ1) is 14.0. The van der Waals surface area contributed by atoms with Gasteiger partial charge in [0.05, 0.1) is 5.54 Å². The lowest BCUT2D eigenvalue weighted by atomic mass is 9.97. The second-order valence-electron chi connectivity index (χ2n) is 5.14. The van der Waals surface area contributed by atoms with Crippen molar-refractivity contribution in [3.8, 4) is 0 Å². The number of carbonyl (C=O) groups is 2. The number of hydrogen-bond acceptors (Lipinski definition) is 3. The molecule has 1 aliphatic rings. The molecule has 0 aromatic rings. The highest BCUT2D eigenvalue weighted by Gasteiger charge is 2.36. The molecule has 0 aromatic carbocycles. The Hall–Kier alpha value is -1.10. The fourth-order valence-corrected chi connectivity index (χ4v) is 2.03. The van der Waals surface area contributed by atoms with Crippen LogP contribution in [0.4, 0.5) is 0 Å². The van der Waals surface area contributed by atoms with Gasteiger partial charge in [0, 0.05) is 0 Å². The Kier molecular flexibility index (Phi) is 4.51. The summed E-state index contributed by atoms with van der Waals surface area (Å²) in [6.07, 6.45) is 3.41. The van der Waals surface area contributed by atoms with E-state index in [1.165, 1.54) is 13.3 Å². The minimum absolute atomic E-state index is 0.214. The van der Waals surface area contributed by atoms with Crippen LogP contribution in [-0.2, 0) is 9.59 Å². The molecule has 0 radical (unpaired) electrons. The van der Waals surface area contributed by atoms with Crippen molar-refractivity contribution in [2.75, 3.05) is 13.1 Å². The van der Waals surface area contributed by atoms with Gasteiger partial charge in [0.2, 0.25) is 5.91 Å². The Morgan fingerprint density at radius 2 is 1.76 bits per heavy atom. The number of carboxylic acids is 1. The number of hydrogen-bond donors (Lipinski definition) is 2. The lowest BCUT2D eigenvalue weighted by Crippen LogP contribution is -2.58. The van der Waals surface area contributed by atoms with E-state index >= 15 is 0 Å². The second-order valence-corrected chi connectivity index (χ2v) is 5.14. The molecule has 1 fully saturated rings. The number of rotatable bonds is 4. The molecule has 1 unspecified atom stereocenters. The van der Waals surface area contributed by atoms with Crippen molar-refractivity contribution in [2.24, 2.45) is 0 Å². The van der Waals surface area contributed by atoms with E-state index < -0.39 is 17.6 Å². The van der Waals surface area contributed by atoms with Crippen LogP contribution in [0.15, 0.2) is 0 Å². The number of amides is 1. The van der Waals surface area contributed by atoms with Gasteiger partial charge in [-0.3, -0.25) is 14.5 Å². The summed E-state index contributed by atoms with van der Waals surface area (Å²) in [6, 6.07) is -0.841. The fraction of sp³-hybridized carbons (Fsp3) is 0.833. The predicted octanol–water partition coefficient (Wildman–Crippen LogP) is 0.840. The molecule has 17 heavy (non-hydrogen) atoms. The van der Waals surface area contributed by atoms with Gasteiger partial charge >= 0.3 is 5.97 Å². The van der Waals surface area contributed by atoms with Crippen LogP contribution in [-0.4, -0.2) is 46.6 Å². The quantitative estimate of drug-likeness (QED) is 0.766. The van der Waals surface area contributed by atoms with Crippen molar-refractivity contribution in [3.05, 3.63) is 0 Å². The van der Waals surface area contributed by atoms with E-state index in [-0.39, 0.29) is 5.91 Å². The van der Waals surface area contributed by atoms with E-state index in [0.29, 0.717) is 0 Å². The smallest absolute Gasteiger partial charge is 0.325 e. The van der Waals surface area contributed by atoms with Gasteiger partial charge in [-0.05, 0) is 46.7 Å². The Balaban J connectivity index is 2.61. The highest BCUT2D eigenvalue weighted by molar-refractivity contribution is 5.89. The maximum absolute atomic E-state index is 12.1. The normalized spacial score (nSPS) is 19.7. The molecule has 1 atom stereocenters. The highest BCUT2D eigenvalue weighted by atomic mass is 16.4. The molecular weight excluding hydrogens is 220 g/mol. The van der Waals surface area contributed by atoms with Gasteiger partial charge in [0.1, 0.15) is 6.04 Å². The Bertz CT molecular complexity index is 296. The van der Waals surface area contributed by atoms with Crippen LogP contribution in [0.1, 0.15) is 40.0 Å². The molecule has 1 rings (SSSR count). The van der Waals surface area contributed by atoms with Crippen molar-refractivity contribution in [1.82, 2.24) is 10.2 Å². The second kappa shape index (κ2) is 5.49. The SMILES string of the molecule is CC(NC(=O)C(C)(C)N1CCCCC1)C(=O)O. The van der Waals surface area contributed by atoms with Crippen LogP contribution in [0.25, 0.3) is 0 Å². The fourth-order valence-electron chi connectivity index (χ4n) is 2.03. The summed E-state index contributed by atoms with van der Waals surface area (Å²) in [5.74, 6) is -1.22. The zero-order valence-electron chi connectivity index (χ0n) is 10.8. The Labute approximate surface area is 102 Å². The summed E-state index contributed by atoms with van der Waals surface area (Å²) in [6.45, 7) is 6.99. The van der Waals surface area contributed by atoms with Gasteiger partial charge in [-0.1, -0.05) is 6.42 Å². The van der Waals surface area contributed by atoms with Crippen molar-refractivity contribution in [3.63, 3.8) is 0 Å². The first-order valence-electron chi connectivity index (χ1n) is 6.14. The molecule has 98 valence electrons. The lowest BCUT2D eigenvalue weighted by molar-refractivity contribution is -0.143. The molecule has 0 aliphatic carbocycles. The van der Waals surface area contributed by atoms with Crippen molar-refractivity contribution >= 4 is 11.9 Å². The molecule has 0 saturated carbocycles. The molecule has 1 aliphatic heterocycles. The van der Waals surface area contributed by atoms with Gasteiger partial charge in [-0.15, -0.1) is 0 Å².